The molecule has 0 aliphatic carbocycles. The number of methoxy groups -OCH3 is 2. The van der Waals surface area contributed by atoms with Crippen molar-refractivity contribution in [3.63, 3.8) is 0 Å². The standard InChI is InChI=1S/C24H25N5O6/c1-13-21(23(32)28-25-11-15-5-7-19(34-3)17(30)9-15)14(2)27-22(13)24(33)29-26-12-16-6-8-20(35-4)18(31)10-16/h5-12,27,30-31H,1-4H3,(H,28,32)(H,29,33). The molecule has 11 heteroatoms. The number of carbonyl (C=O) groups is 2. The molecule has 0 saturated heterocycles. The largest absolute Gasteiger partial charge is 0.504 e. The summed E-state index contributed by atoms with van der Waals surface area (Å²) < 4.78 is 9.97. The molecule has 0 atom stereocenters. The van der Waals surface area contributed by atoms with Crippen molar-refractivity contribution in [3.05, 3.63) is 70.0 Å². The van der Waals surface area contributed by atoms with Gasteiger partial charge in [-0.25, -0.2) is 10.9 Å². The summed E-state index contributed by atoms with van der Waals surface area (Å²) in [7, 11) is 2.88. The van der Waals surface area contributed by atoms with Crippen LogP contribution in [0.4, 0.5) is 0 Å². The van der Waals surface area contributed by atoms with Crippen LogP contribution in [-0.4, -0.2) is 53.7 Å². The molecule has 0 saturated carbocycles. The summed E-state index contributed by atoms with van der Waals surface area (Å²) in [6.07, 6.45) is 2.73. The molecule has 2 aromatic carbocycles. The molecule has 11 nitrogen and oxygen atoms in total. The van der Waals surface area contributed by atoms with E-state index in [0.29, 0.717) is 33.9 Å². The highest BCUT2D eigenvalue weighted by molar-refractivity contribution is 6.03. The third kappa shape index (κ3) is 5.77. The van der Waals surface area contributed by atoms with Crippen molar-refractivity contribution in [2.24, 2.45) is 10.2 Å². The van der Waals surface area contributed by atoms with Crippen molar-refractivity contribution in [2.45, 2.75) is 13.8 Å². The number of rotatable bonds is 8. The van der Waals surface area contributed by atoms with Gasteiger partial charge in [0.05, 0.1) is 32.2 Å². The van der Waals surface area contributed by atoms with Gasteiger partial charge in [0.25, 0.3) is 11.8 Å². The zero-order valence-electron chi connectivity index (χ0n) is 19.5. The van der Waals surface area contributed by atoms with E-state index in [-0.39, 0.29) is 22.8 Å². The Morgan fingerprint density at radius 2 is 1.34 bits per heavy atom. The van der Waals surface area contributed by atoms with Crippen LogP contribution in [0.1, 0.15) is 43.2 Å². The van der Waals surface area contributed by atoms with E-state index in [1.165, 1.54) is 38.8 Å². The predicted octanol–water partition coefficient (Wildman–Crippen LogP) is 2.59. The van der Waals surface area contributed by atoms with E-state index >= 15 is 0 Å². The fraction of sp³-hybridized carbons (Fsp3) is 0.167. The van der Waals surface area contributed by atoms with Crippen LogP contribution in [0, 0.1) is 13.8 Å². The summed E-state index contributed by atoms with van der Waals surface area (Å²) in [5.41, 5.74) is 7.24. The Bertz CT molecular complexity index is 1310. The van der Waals surface area contributed by atoms with Gasteiger partial charge in [0.2, 0.25) is 0 Å². The number of aryl methyl sites for hydroxylation is 1. The average molecular weight is 479 g/mol. The Labute approximate surface area is 201 Å². The van der Waals surface area contributed by atoms with Crippen LogP contribution in [-0.2, 0) is 0 Å². The second kappa shape index (κ2) is 10.9. The minimum absolute atomic E-state index is 0.0535. The molecule has 1 heterocycles. The number of hydrogen-bond acceptors (Lipinski definition) is 8. The van der Waals surface area contributed by atoms with Gasteiger partial charge in [-0.3, -0.25) is 9.59 Å². The molecule has 0 radical (unpaired) electrons. The van der Waals surface area contributed by atoms with Crippen molar-refractivity contribution in [3.8, 4) is 23.0 Å². The molecule has 0 spiro atoms. The Hall–Kier alpha value is -4.80. The maximum atomic E-state index is 12.7. The van der Waals surface area contributed by atoms with Gasteiger partial charge in [0, 0.05) is 5.69 Å². The highest BCUT2D eigenvalue weighted by atomic mass is 16.5. The summed E-state index contributed by atoms with van der Waals surface area (Å²) in [4.78, 5) is 28.1. The number of carbonyl (C=O) groups excluding carboxylic acids is 2. The van der Waals surface area contributed by atoms with Gasteiger partial charge < -0.3 is 24.7 Å². The minimum Gasteiger partial charge on any atom is -0.504 e. The van der Waals surface area contributed by atoms with Gasteiger partial charge in [0.1, 0.15) is 5.69 Å². The van der Waals surface area contributed by atoms with Gasteiger partial charge in [-0.2, -0.15) is 10.2 Å². The zero-order chi connectivity index (χ0) is 25.5. The van der Waals surface area contributed by atoms with Crippen molar-refractivity contribution < 1.29 is 29.3 Å². The number of aromatic hydroxyl groups is 2. The lowest BCUT2D eigenvalue weighted by Crippen LogP contribution is -2.21. The Morgan fingerprint density at radius 3 is 1.80 bits per heavy atom. The molecule has 0 aliphatic rings. The Kier molecular flexibility index (Phi) is 7.72. The molecular formula is C24H25N5O6. The number of nitrogens with zero attached hydrogens (tertiary/aromatic N) is 2. The van der Waals surface area contributed by atoms with E-state index in [0.717, 1.165) is 0 Å². The third-order valence-corrected chi connectivity index (χ3v) is 5.06. The van der Waals surface area contributed by atoms with E-state index in [9.17, 15) is 19.8 Å². The Balaban J connectivity index is 1.66. The molecule has 5 N–H and O–H groups in total. The maximum absolute atomic E-state index is 12.7. The summed E-state index contributed by atoms with van der Waals surface area (Å²) in [5, 5.41) is 27.4. The summed E-state index contributed by atoms with van der Waals surface area (Å²) in [6.45, 7) is 3.29. The second-order valence-corrected chi connectivity index (χ2v) is 7.39. The van der Waals surface area contributed by atoms with Crippen molar-refractivity contribution in [2.75, 3.05) is 14.2 Å². The van der Waals surface area contributed by atoms with Crippen LogP contribution >= 0.6 is 0 Å². The van der Waals surface area contributed by atoms with Gasteiger partial charge in [-0.1, -0.05) is 0 Å². The number of aromatic nitrogens is 1. The number of phenols is 2. The zero-order valence-corrected chi connectivity index (χ0v) is 19.5. The predicted molar refractivity (Wildman–Crippen MR) is 130 cm³/mol. The smallest absolute Gasteiger partial charge is 0.288 e. The lowest BCUT2D eigenvalue weighted by molar-refractivity contribution is 0.0948. The first-order chi connectivity index (χ1) is 16.7. The first-order valence-electron chi connectivity index (χ1n) is 10.3. The van der Waals surface area contributed by atoms with Gasteiger partial charge in [-0.05, 0) is 66.9 Å². The molecular weight excluding hydrogens is 454 g/mol. The van der Waals surface area contributed by atoms with Crippen molar-refractivity contribution in [1.29, 1.82) is 0 Å². The van der Waals surface area contributed by atoms with E-state index < -0.39 is 11.8 Å². The van der Waals surface area contributed by atoms with Gasteiger partial charge >= 0.3 is 0 Å². The number of ether oxygens (including phenoxy) is 2. The topological polar surface area (TPSA) is 158 Å². The summed E-state index contributed by atoms with van der Waals surface area (Å²) >= 11 is 0. The number of H-pyrrole nitrogens is 1. The van der Waals surface area contributed by atoms with E-state index in [4.69, 9.17) is 9.47 Å². The normalized spacial score (nSPS) is 11.1. The number of benzene rings is 2. The van der Waals surface area contributed by atoms with Gasteiger partial charge in [0.15, 0.2) is 23.0 Å². The Morgan fingerprint density at radius 1 is 0.857 bits per heavy atom. The quantitative estimate of drug-likeness (QED) is 0.247. The number of hydrazone groups is 2. The molecule has 2 amide bonds. The van der Waals surface area contributed by atoms with Crippen molar-refractivity contribution in [1.82, 2.24) is 15.8 Å². The fourth-order valence-corrected chi connectivity index (χ4v) is 3.33. The van der Waals surface area contributed by atoms with E-state index in [1.807, 2.05) is 0 Å². The average Bonchev–Trinajstić information content (AvgIpc) is 3.13. The number of amides is 2. The molecule has 0 aliphatic heterocycles. The minimum atomic E-state index is -0.546. The van der Waals surface area contributed by atoms with E-state index in [2.05, 4.69) is 26.0 Å². The lowest BCUT2D eigenvalue weighted by atomic mass is 10.1. The highest BCUT2D eigenvalue weighted by Crippen LogP contribution is 2.26. The number of phenolic OH excluding ortho intramolecular Hbond substituents is 2. The lowest BCUT2D eigenvalue weighted by Gasteiger charge is -2.04. The summed E-state index contributed by atoms with van der Waals surface area (Å²) in [6, 6.07) is 9.35. The third-order valence-electron chi connectivity index (χ3n) is 5.06. The van der Waals surface area contributed by atoms with Crippen LogP contribution in [0.5, 0.6) is 23.0 Å². The monoisotopic (exact) mass is 479 g/mol. The van der Waals surface area contributed by atoms with Crippen molar-refractivity contribution >= 4 is 24.2 Å². The number of hydrogen-bond donors (Lipinski definition) is 5. The van der Waals surface area contributed by atoms with E-state index in [1.54, 1.807) is 38.1 Å². The molecule has 0 bridgehead atoms. The highest BCUT2D eigenvalue weighted by Gasteiger charge is 2.21. The number of nitrogens with one attached hydrogen (secondary N) is 3. The molecule has 182 valence electrons. The van der Waals surface area contributed by atoms with Crippen LogP contribution in [0.15, 0.2) is 46.6 Å². The maximum Gasteiger partial charge on any atom is 0.288 e. The van der Waals surface area contributed by atoms with Crippen LogP contribution in [0.25, 0.3) is 0 Å². The second-order valence-electron chi connectivity index (χ2n) is 7.39. The van der Waals surface area contributed by atoms with Crippen LogP contribution < -0.4 is 20.3 Å². The van der Waals surface area contributed by atoms with Crippen LogP contribution in [0.3, 0.4) is 0 Å². The van der Waals surface area contributed by atoms with Crippen LogP contribution in [0.2, 0.25) is 0 Å². The molecule has 1 aromatic heterocycles. The SMILES string of the molecule is COc1ccc(C=NNC(=O)c2[nH]c(C)c(C(=O)NN=Cc3ccc(OC)c(O)c3)c2C)cc1O. The fourth-order valence-electron chi connectivity index (χ4n) is 3.33. The molecule has 0 unspecified atom stereocenters. The first-order valence-corrected chi connectivity index (χ1v) is 10.3. The molecule has 3 aromatic rings. The summed E-state index contributed by atoms with van der Waals surface area (Å²) in [5.74, 6) is -0.525. The molecule has 0 fully saturated rings. The molecule has 3 rings (SSSR count). The number of aromatic amines is 1. The van der Waals surface area contributed by atoms with Gasteiger partial charge in [-0.15, -0.1) is 0 Å². The first kappa shape index (κ1) is 24.8. The molecule has 35 heavy (non-hydrogen) atoms.